The van der Waals surface area contributed by atoms with Gasteiger partial charge in [0.25, 0.3) is 0 Å². The molecule has 0 unspecified atom stereocenters. The van der Waals surface area contributed by atoms with E-state index in [0.29, 0.717) is 9.13 Å². The van der Waals surface area contributed by atoms with Crippen molar-refractivity contribution >= 4 is 22.6 Å². The van der Waals surface area contributed by atoms with Crippen LogP contribution >= 0.6 is 22.6 Å². The maximum absolute atomic E-state index is 12.5. The molecule has 0 aliphatic carbocycles. The minimum Gasteiger partial charge on any atom is -0.204 e. The molecule has 0 aromatic heterocycles. The van der Waals surface area contributed by atoms with Gasteiger partial charge in [0.05, 0.1) is 0 Å². The Morgan fingerprint density at radius 1 is 1.30 bits per heavy atom. The third-order valence-electron chi connectivity index (χ3n) is 1.17. The molecule has 0 heterocycles. The lowest BCUT2D eigenvalue weighted by atomic mass is 10.2. The molecule has 0 spiro atoms. The lowest BCUT2D eigenvalue weighted by Crippen LogP contribution is -1.89. The van der Waals surface area contributed by atoms with Gasteiger partial charge in [-0.1, -0.05) is 0 Å². The van der Waals surface area contributed by atoms with Crippen LogP contribution in [0.1, 0.15) is 5.56 Å². The molecule has 0 fully saturated rings. The molecule has 0 bridgehead atoms. The average molecular weight is 254 g/mol. The van der Waals surface area contributed by atoms with E-state index >= 15 is 0 Å². The molecule has 0 N–H and O–H groups in total. The Balaban J connectivity index is 3.31. The fourth-order valence-corrected chi connectivity index (χ4v) is 1.43. The summed E-state index contributed by atoms with van der Waals surface area (Å²) in [6, 6.07) is 2.77. The Morgan fingerprint density at radius 3 is 2.40 bits per heavy atom. The van der Waals surface area contributed by atoms with Crippen LogP contribution in [0.25, 0.3) is 0 Å². The fraction of sp³-hybridized carbons (Fsp3) is 0.143. The molecular formula is C7H5F2I. The molecule has 0 amide bonds. The summed E-state index contributed by atoms with van der Waals surface area (Å²) in [6.45, 7) is 1.54. The van der Waals surface area contributed by atoms with Gasteiger partial charge in [-0.05, 0) is 47.2 Å². The number of hydrogen-bond donors (Lipinski definition) is 0. The molecule has 0 saturated carbocycles. The Labute approximate surface area is 71.4 Å². The number of rotatable bonds is 0. The number of benzene rings is 1. The number of aryl methyl sites for hydroxylation is 1. The van der Waals surface area contributed by atoms with Crippen LogP contribution < -0.4 is 0 Å². The highest BCUT2D eigenvalue weighted by Gasteiger charge is 2.04. The molecular weight excluding hydrogens is 249 g/mol. The van der Waals surface area contributed by atoms with Gasteiger partial charge >= 0.3 is 0 Å². The summed E-state index contributed by atoms with van der Waals surface area (Å²) < 4.78 is 25.7. The number of halogens is 3. The molecule has 0 atom stereocenters. The molecule has 1 rings (SSSR count). The van der Waals surface area contributed by atoms with E-state index in [4.69, 9.17) is 0 Å². The minimum atomic E-state index is -0.774. The molecule has 0 aliphatic rings. The Morgan fingerprint density at radius 2 is 1.90 bits per heavy atom. The van der Waals surface area contributed by atoms with Crippen molar-refractivity contribution in [2.45, 2.75) is 6.92 Å². The first-order chi connectivity index (χ1) is 4.61. The molecule has 10 heavy (non-hydrogen) atoms. The highest BCUT2D eigenvalue weighted by atomic mass is 127. The van der Waals surface area contributed by atoms with Gasteiger partial charge in [0.2, 0.25) is 0 Å². The second-order valence-electron chi connectivity index (χ2n) is 2.02. The quantitative estimate of drug-likeness (QED) is 0.493. The Hall–Kier alpha value is -0.190. The molecule has 0 nitrogen and oxygen atoms in total. The molecule has 3 heteroatoms. The molecule has 54 valence electrons. The lowest BCUT2D eigenvalue weighted by Gasteiger charge is -1.97. The van der Waals surface area contributed by atoms with E-state index in [1.807, 2.05) is 22.6 Å². The largest absolute Gasteiger partial charge is 0.204 e. The standard InChI is InChI=1S/C7H5F2I/c1-4-2-5(10)3-6(8)7(4)9/h2-3H,1H3. The van der Waals surface area contributed by atoms with Gasteiger partial charge in [-0.3, -0.25) is 0 Å². The van der Waals surface area contributed by atoms with E-state index in [1.165, 1.54) is 6.07 Å². The van der Waals surface area contributed by atoms with Crippen molar-refractivity contribution in [1.82, 2.24) is 0 Å². The van der Waals surface area contributed by atoms with E-state index < -0.39 is 11.6 Å². The lowest BCUT2D eigenvalue weighted by molar-refractivity contribution is 0.502. The van der Waals surface area contributed by atoms with Gasteiger partial charge < -0.3 is 0 Å². The molecule has 0 saturated heterocycles. The average Bonchev–Trinajstić information content (AvgIpc) is 1.82. The highest BCUT2D eigenvalue weighted by Crippen LogP contribution is 2.14. The van der Waals surface area contributed by atoms with Gasteiger partial charge in [-0.25, -0.2) is 8.78 Å². The van der Waals surface area contributed by atoms with Crippen LogP contribution in [0, 0.1) is 22.1 Å². The Bertz CT molecular complexity index is 235. The minimum absolute atomic E-state index is 0.351. The maximum atomic E-state index is 12.5. The Kier molecular flexibility index (Phi) is 2.23. The summed E-state index contributed by atoms with van der Waals surface area (Å²) in [7, 11) is 0. The van der Waals surface area contributed by atoms with E-state index in [0.717, 1.165) is 0 Å². The van der Waals surface area contributed by atoms with Gasteiger partial charge in [-0.2, -0.15) is 0 Å². The van der Waals surface area contributed by atoms with Gasteiger partial charge in [0.1, 0.15) is 0 Å². The first-order valence-corrected chi connectivity index (χ1v) is 3.80. The van der Waals surface area contributed by atoms with Crippen LogP contribution in [0.2, 0.25) is 0 Å². The summed E-state index contributed by atoms with van der Waals surface area (Å²) >= 11 is 1.94. The maximum Gasteiger partial charge on any atom is 0.161 e. The molecule has 1 aromatic carbocycles. The first kappa shape index (κ1) is 7.91. The van der Waals surface area contributed by atoms with Crippen molar-refractivity contribution in [2.24, 2.45) is 0 Å². The summed E-state index contributed by atoms with van der Waals surface area (Å²) in [5, 5.41) is 0. The van der Waals surface area contributed by atoms with E-state index in [1.54, 1.807) is 13.0 Å². The van der Waals surface area contributed by atoms with Crippen molar-refractivity contribution in [2.75, 3.05) is 0 Å². The normalized spacial score (nSPS) is 10.0. The van der Waals surface area contributed by atoms with E-state index in [2.05, 4.69) is 0 Å². The van der Waals surface area contributed by atoms with Crippen LogP contribution in [-0.2, 0) is 0 Å². The molecule has 1 aromatic rings. The van der Waals surface area contributed by atoms with Crippen LogP contribution in [0.15, 0.2) is 12.1 Å². The number of hydrogen-bond acceptors (Lipinski definition) is 0. The smallest absolute Gasteiger partial charge is 0.161 e. The van der Waals surface area contributed by atoms with Crippen molar-refractivity contribution in [1.29, 1.82) is 0 Å². The first-order valence-electron chi connectivity index (χ1n) is 2.72. The van der Waals surface area contributed by atoms with Crippen molar-refractivity contribution < 1.29 is 8.78 Å². The van der Waals surface area contributed by atoms with Gasteiger partial charge in [0.15, 0.2) is 11.6 Å². The van der Waals surface area contributed by atoms with Crippen LogP contribution in [0.3, 0.4) is 0 Å². The third kappa shape index (κ3) is 1.45. The zero-order chi connectivity index (χ0) is 7.72. The molecule has 0 radical (unpaired) electrons. The topological polar surface area (TPSA) is 0 Å². The van der Waals surface area contributed by atoms with Crippen LogP contribution in [0.4, 0.5) is 8.78 Å². The summed E-state index contributed by atoms with van der Waals surface area (Å²) in [4.78, 5) is 0. The van der Waals surface area contributed by atoms with Crippen molar-refractivity contribution in [3.63, 3.8) is 0 Å². The summed E-state index contributed by atoms with van der Waals surface area (Å²) in [6.07, 6.45) is 0. The molecule has 0 aliphatic heterocycles. The van der Waals surface area contributed by atoms with Crippen molar-refractivity contribution in [3.8, 4) is 0 Å². The second kappa shape index (κ2) is 2.82. The van der Waals surface area contributed by atoms with Crippen molar-refractivity contribution in [3.05, 3.63) is 32.9 Å². The van der Waals surface area contributed by atoms with E-state index in [-0.39, 0.29) is 0 Å². The highest BCUT2D eigenvalue weighted by molar-refractivity contribution is 14.1. The van der Waals surface area contributed by atoms with Crippen LogP contribution in [0.5, 0.6) is 0 Å². The third-order valence-corrected chi connectivity index (χ3v) is 1.80. The zero-order valence-corrected chi connectivity index (χ0v) is 7.45. The monoisotopic (exact) mass is 254 g/mol. The zero-order valence-electron chi connectivity index (χ0n) is 5.29. The van der Waals surface area contributed by atoms with E-state index in [9.17, 15) is 8.78 Å². The summed E-state index contributed by atoms with van der Waals surface area (Å²) in [5.41, 5.74) is 0.351. The summed E-state index contributed by atoms with van der Waals surface area (Å²) in [5.74, 6) is -1.52. The van der Waals surface area contributed by atoms with Gasteiger partial charge in [0, 0.05) is 3.57 Å². The predicted molar refractivity (Wildman–Crippen MR) is 43.8 cm³/mol. The SMILES string of the molecule is Cc1cc(I)cc(F)c1F. The van der Waals surface area contributed by atoms with Crippen LogP contribution in [-0.4, -0.2) is 0 Å². The second-order valence-corrected chi connectivity index (χ2v) is 3.26. The fourth-order valence-electron chi connectivity index (χ4n) is 0.685. The predicted octanol–water partition coefficient (Wildman–Crippen LogP) is 2.88. The van der Waals surface area contributed by atoms with Gasteiger partial charge in [-0.15, -0.1) is 0 Å².